The van der Waals surface area contributed by atoms with Crippen molar-refractivity contribution in [3.63, 3.8) is 0 Å². The summed E-state index contributed by atoms with van der Waals surface area (Å²) in [7, 11) is 0. The highest BCUT2D eigenvalue weighted by Gasteiger charge is 2.37. The van der Waals surface area contributed by atoms with Crippen molar-refractivity contribution in [1.82, 2.24) is 15.5 Å². The molecule has 1 fully saturated rings. The first kappa shape index (κ1) is 22.6. The molecule has 2 aromatic rings. The molecule has 1 amide bonds. The Morgan fingerprint density at radius 3 is 2.53 bits per heavy atom. The molecule has 0 saturated carbocycles. The Bertz CT molecular complexity index is 857. The fraction of sp³-hybridized carbons (Fsp3) is 0.409. The summed E-state index contributed by atoms with van der Waals surface area (Å²) in [4.78, 5) is 14.6. The highest BCUT2D eigenvalue weighted by Crippen LogP contribution is 2.32. The van der Waals surface area contributed by atoms with Gasteiger partial charge < -0.3 is 10.6 Å². The predicted molar refractivity (Wildman–Crippen MR) is 111 cm³/mol. The van der Waals surface area contributed by atoms with E-state index >= 15 is 0 Å². The predicted octanol–water partition coefficient (Wildman–Crippen LogP) is 4.23. The number of hydrogen-bond donors (Lipinski definition) is 2. The summed E-state index contributed by atoms with van der Waals surface area (Å²) in [6.45, 7) is 3.62. The number of hydrogen-bond acceptors (Lipinski definition) is 3. The fourth-order valence-electron chi connectivity index (χ4n) is 3.82. The second kappa shape index (κ2) is 9.81. The van der Waals surface area contributed by atoms with Crippen LogP contribution in [-0.2, 0) is 24.1 Å². The number of likely N-dealkylation sites (N-methyl/N-ethyl adjacent to an activating group) is 1. The zero-order chi connectivity index (χ0) is 21.7. The van der Waals surface area contributed by atoms with Gasteiger partial charge in [0.05, 0.1) is 11.6 Å². The molecule has 2 N–H and O–H groups in total. The smallest absolute Gasteiger partial charge is 0.355 e. The number of halogens is 4. The molecular weight excluding hydrogens is 415 g/mol. The summed E-state index contributed by atoms with van der Waals surface area (Å²) in [5.41, 5.74) is 0.598. The molecule has 1 aliphatic heterocycles. The molecule has 0 spiro atoms. The van der Waals surface area contributed by atoms with E-state index in [0.717, 1.165) is 11.6 Å². The van der Waals surface area contributed by atoms with Gasteiger partial charge in [-0.3, -0.25) is 9.69 Å². The van der Waals surface area contributed by atoms with Crippen molar-refractivity contribution < 1.29 is 18.0 Å². The van der Waals surface area contributed by atoms with Crippen molar-refractivity contribution >= 4 is 17.5 Å². The zero-order valence-corrected chi connectivity index (χ0v) is 17.4. The lowest BCUT2D eigenvalue weighted by atomic mass is 10.1. The Hall–Kier alpha value is -2.09. The fourth-order valence-corrected chi connectivity index (χ4v) is 3.95. The summed E-state index contributed by atoms with van der Waals surface area (Å²) in [5.74, 6) is -0.0635. The summed E-state index contributed by atoms with van der Waals surface area (Å²) in [6.07, 6.45) is -3.86. The Balaban J connectivity index is 1.69. The molecule has 2 aromatic carbocycles. The number of rotatable bonds is 7. The highest BCUT2D eigenvalue weighted by molar-refractivity contribution is 6.30. The maximum atomic E-state index is 13.2. The first-order valence-electron chi connectivity index (χ1n) is 9.92. The topological polar surface area (TPSA) is 44.4 Å². The second-order valence-electron chi connectivity index (χ2n) is 7.43. The molecule has 4 nitrogen and oxygen atoms in total. The van der Waals surface area contributed by atoms with Gasteiger partial charge in [-0.15, -0.1) is 0 Å². The molecule has 30 heavy (non-hydrogen) atoms. The molecule has 2 atom stereocenters. The van der Waals surface area contributed by atoms with Gasteiger partial charge in [-0.1, -0.05) is 41.9 Å². The van der Waals surface area contributed by atoms with E-state index in [1.165, 1.54) is 12.1 Å². The van der Waals surface area contributed by atoms with Crippen LogP contribution in [0, 0.1) is 0 Å². The van der Waals surface area contributed by atoms with Gasteiger partial charge in [-0.05, 0) is 42.7 Å². The lowest BCUT2D eigenvalue weighted by molar-refractivity contribution is -0.138. The van der Waals surface area contributed by atoms with Gasteiger partial charge in [-0.2, -0.15) is 13.2 Å². The molecule has 162 valence electrons. The Morgan fingerprint density at radius 1 is 1.17 bits per heavy atom. The average molecular weight is 440 g/mol. The van der Waals surface area contributed by atoms with Gasteiger partial charge in [0.15, 0.2) is 0 Å². The third-order valence-electron chi connectivity index (χ3n) is 5.26. The van der Waals surface area contributed by atoms with Crippen LogP contribution in [0.4, 0.5) is 13.2 Å². The molecule has 0 aromatic heterocycles. The number of amides is 1. The number of likely N-dealkylation sites (tertiary alicyclic amines) is 1. The monoisotopic (exact) mass is 439 g/mol. The minimum atomic E-state index is -4.39. The van der Waals surface area contributed by atoms with E-state index in [0.29, 0.717) is 31.1 Å². The molecule has 1 aliphatic rings. The number of benzene rings is 2. The molecule has 3 rings (SSSR count). The Labute approximate surface area is 179 Å². The minimum absolute atomic E-state index is 0.0635. The number of alkyl halides is 3. The van der Waals surface area contributed by atoms with Crippen LogP contribution in [0.2, 0.25) is 5.02 Å². The summed E-state index contributed by atoms with van der Waals surface area (Å²) < 4.78 is 39.7. The van der Waals surface area contributed by atoms with Gasteiger partial charge in [0.25, 0.3) is 0 Å². The van der Waals surface area contributed by atoms with E-state index in [4.69, 9.17) is 11.6 Å². The number of carbonyl (C=O) groups excluding carboxylic acids is 1. The third kappa shape index (κ3) is 5.74. The van der Waals surface area contributed by atoms with Crippen LogP contribution in [0.3, 0.4) is 0 Å². The van der Waals surface area contributed by atoms with Crippen LogP contribution in [0.15, 0.2) is 48.5 Å². The molecule has 0 bridgehead atoms. The van der Waals surface area contributed by atoms with Crippen LogP contribution in [0.25, 0.3) is 0 Å². The number of nitrogens with zero attached hydrogens (tertiary/aromatic N) is 1. The maximum Gasteiger partial charge on any atom is 0.416 e. The van der Waals surface area contributed by atoms with E-state index < -0.39 is 11.7 Å². The standard InChI is InChI=1S/C22H25ClF3N3O/c1-2-27-21(30)20-11-18(14-29(20)13-15-7-9-17(23)10-8-15)28-12-16-5-3-4-6-19(16)22(24,25)26/h3-10,18,20,28H,2,11-14H2,1H3,(H,27,30)/t18-,20-/m0/s1. The lowest BCUT2D eigenvalue weighted by Gasteiger charge is -2.23. The Morgan fingerprint density at radius 2 is 1.87 bits per heavy atom. The van der Waals surface area contributed by atoms with E-state index in [-0.39, 0.29) is 30.1 Å². The quantitative estimate of drug-likeness (QED) is 0.678. The van der Waals surface area contributed by atoms with Crippen LogP contribution >= 0.6 is 11.6 Å². The molecule has 8 heteroatoms. The van der Waals surface area contributed by atoms with E-state index in [2.05, 4.69) is 15.5 Å². The molecular formula is C22H25ClF3N3O. The van der Waals surface area contributed by atoms with Gasteiger partial charge in [0.1, 0.15) is 0 Å². The van der Waals surface area contributed by atoms with E-state index in [1.807, 2.05) is 19.1 Å². The van der Waals surface area contributed by atoms with Crippen molar-refractivity contribution in [2.45, 2.75) is 44.7 Å². The van der Waals surface area contributed by atoms with Crippen molar-refractivity contribution in [3.05, 3.63) is 70.2 Å². The molecule has 0 unspecified atom stereocenters. The van der Waals surface area contributed by atoms with Crippen molar-refractivity contribution in [2.75, 3.05) is 13.1 Å². The molecule has 1 heterocycles. The van der Waals surface area contributed by atoms with Gasteiger partial charge in [-0.25, -0.2) is 0 Å². The molecule has 0 radical (unpaired) electrons. The van der Waals surface area contributed by atoms with Gasteiger partial charge in [0, 0.05) is 37.2 Å². The number of carbonyl (C=O) groups is 1. The lowest BCUT2D eigenvalue weighted by Crippen LogP contribution is -2.42. The minimum Gasteiger partial charge on any atom is -0.355 e. The first-order valence-corrected chi connectivity index (χ1v) is 10.3. The summed E-state index contributed by atoms with van der Waals surface area (Å²) in [5, 5.41) is 6.72. The first-order chi connectivity index (χ1) is 14.3. The zero-order valence-electron chi connectivity index (χ0n) is 16.7. The largest absolute Gasteiger partial charge is 0.416 e. The van der Waals surface area contributed by atoms with E-state index in [1.54, 1.807) is 18.2 Å². The van der Waals surface area contributed by atoms with Crippen molar-refractivity contribution in [1.29, 1.82) is 0 Å². The molecule has 1 saturated heterocycles. The average Bonchev–Trinajstić information content (AvgIpc) is 3.11. The number of nitrogens with one attached hydrogen (secondary N) is 2. The Kier molecular flexibility index (Phi) is 7.39. The van der Waals surface area contributed by atoms with Crippen molar-refractivity contribution in [2.24, 2.45) is 0 Å². The summed E-state index contributed by atoms with van der Waals surface area (Å²) >= 11 is 5.95. The van der Waals surface area contributed by atoms with Crippen molar-refractivity contribution in [3.8, 4) is 0 Å². The third-order valence-corrected chi connectivity index (χ3v) is 5.51. The second-order valence-corrected chi connectivity index (χ2v) is 7.87. The van der Waals surface area contributed by atoms with E-state index in [9.17, 15) is 18.0 Å². The molecule has 0 aliphatic carbocycles. The van der Waals surface area contributed by atoms with Crippen LogP contribution < -0.4 is 10.6 Å². The van der Waals surface area contributed by atoms with Gasteiger partial charge in [0.2, 0.25) is 5.91 Å². The SMILES string of the molecule is CCNC(=O)[C@@H]1C[C@H](NCc2ccccc2C(F)(F)F)CN1Cc1ccc(Cl)cc1. The van der Waals surface area contributed by atoms with Crippen LogP contribution in [-0.4, -0.2) is 36.0 Å². The van der Waals surface area contributed by atoms with Gasteiger partial charge >= 0.3 is 6.18 Å². The highest BCUT2D eigenvalue weighted by atomic mass is 35.5. The van der Waals surface area contributed by atoms with Crippen LogP contribution in [0.5, 0.6) is 0 Å². The normalized spacial score (nSPS) is 19.8. The summed E-state index contributed by atoms with van der Waals surface area (Å²) in [6, 6.07) is 12.6. The van der Waals surface area contributed by atoms with Crippen LogP contribution in [0.1, 0.15) is 30.0 Å². The maximum absolute atomic E-state index is 13.2.